The van der Waals surface area contributed by atoms with Gasteiger partial charge in [-0.3, -0.25) is 0 Å². The minimum absolute atomic E-state index is 0.617. The first-order valence-electron chi connectivity index (χ1n) is 6.92. The fourth-order valence-electron chi connectivity index (χ4n) is 1.90. The quantitative estimate of drug-likeness (QED) is 0.729. The predicted octanol–water partition coefficient (Wildman–Crippen LogP) is 4.27. The van der Waals surface area contributed by atoms with E-state index in [9.17, 15) is 0 Å². The number of hydrogen-bond acceptors (Lipinski definition) is 2. The molecule has 17 heavy (non-hydrogen) atoms. The molecule has 1 heterocycles. The van der Waals surface area contributed by atoms with E-state index in [1.165, 1.54) is 30.6 Å². The Balaban J connectivity index is 2.16. The summed E-state index contributed by atoms with van der Waals surface area (Å²) in [7, 11) is 0. The molecule has 1 unspecified atom stereocenters. The summed E-state index contributed by atoms with van der Waals surface area (Å²) in [6, 6.07) is 5.21. The molecule has 0 amide bonds. The van der Waals surface area contributed by atoms with Gasteiger partial charge in [0.25, 0.3) is 0 Å². The molecular formula is C15H27NS. The monoisotopic (exact) mass is 253 g/mol. The van der Waals surface area contributed by atoms with Crippen LogP contribution in [0.3, 0.4) is 0 Å². The van der Waals surface area contributed by atoms with E-state index in [4.69, 9.17) is 0 Å². The minimum atomic E-state index is 0.617. The molecule has 0 bridgehead atoms. The summed E-state index contributed by atoms with van der Waals surface area (Å²) in [4.78, 5) is 3.08. The van der Waals surface area contributed by atoms with E-state index < -0.39 is 0 Å². The molecule has 1 aromatic rings. The van der Waals surface area contributed by atoms with Crippen molar-refractivity contribution in [3.63, 3.8) is 0 Å². The summed E-state index contributed by atoms with van der Waals surface area (Å²) in [5.41, 5.74) is 0. The summed E-state index contributed by atoms with van der Waals surface area (Å²) in [6.07, 6.45) is 5.06. The SMILES string of the molecule is CCc1ccc(CCC(C)CCNC(C)C)s1. The van der Waals surface area contributed by atoms with Crippen LogP contribution >= 0.6 is 11.3 Å². The molecule has 2 heteroatoms. The van der Waals surface area contributed by atoms with Crippen LogP contribution in [0.1, 0.15) is 50.3 Å². The van der Waals surface area contributed by atoms with Crippen molar-refractivity contribution < 1.29 is 0 Å². The molecule has 0 aliphatic rings. The first-order chi connectivity index (χ1) is 8.11. The predicted molar refractivity (Wildman–Crippen MR) is 78.9 cm³/mol. The first-order valence-corrected chi connectivity index (χ1v) is 7.74. The van der Waals surface area contributed by atoms with E-state index in [1.807, 2.05) is 11.3 Å². The highest BCUT2D eigenvalue weighted by molar-refractivity contribution is 7.11. The van der Waals surface area contributed by atoms with Crippen molar-refractivity contribution in [2.75, 3.05) is 6.54 Å². The van der Waals surface area contributed by atoms with Crippen molar-refractivity contribution in [2.24, 2.45) is 5.92 Å². The van der Waals surface area contributed by atoms with E-state index in [1.54, 1.807) is 4.88 Å². The second-order valence-electron chi connectivity index (χ2n) is 5.26. The Hall–Kier alpha value is -0.340. The van der Waals surface area contributed by atoms with Crippen LogP contribution in [0.15, 0.2) is 12.1 Å². The normalized spacial score (nSPS) is 13.2. The summed E-state index contributed by atoms with van der Waals surface area (Å²) in [6.45, 7) is 10.2. The molecule has 0 aromatic carbocycles. The summed E-state index contributed by atoms with van der Waals surface area (Å²) in [5, 5.41) is 3.49. The second-order valence-corrected chi connectivity index (χ2v) is 6.52. The highest BCUT2D eigenvalue weighted by atomic mass is 32.1. The van der Waals surface area contributed by atoms with Crippen LogP contribution in [-0.4, -0.2) is 12.6 Å². The van der Waals surface area contributed by atoms with Crippen molar-refractivity contribution in [1.82, 2.24) is 5.32 Å². The summed E-state index contributed by atoms with van der Waals surface area (Å²) < 4.78 is 0. The zero-order valence-electron chi connectivity index (χ0n) is 11.8. The Morgan fingerprint density at radius 2 is 1.82 bits per heavy atom. The fourth-order valence-corrected chi connectivity index (χ4v) is 2.87. The van der Waals surface area contributed by atoms with E-state index >= 15 is 0 Å². The molecule has 0 saturated heterocycles. The van der Waals surface area contributed by atoms with Crippen LogP contribution in [0.2, 0.25) is 0 Å². The number of aryl methyl sites for hydroxylation is 2. The van der Waals surface area contributed by atoms with Crippen LogP contribution in [0, 0.1) is 5.92 Å². The third-order valence-corrected chi connectivity index (χ3v) is 4.43. The molecule has 1 atom stereocenters. The average molecular weight is 253 g/mol. The second kappa shape index (κ2) is 7.88. The highest BCUT2D eigenvalue weighted by Gasteiger charge is 2.05. The highest BCUT2D eigenvalue weighted by Crippen LogP contribution is 2.20. The van der Waals surface area contributed by atoms with Crippen molar-refractivity contribution in [3.8, 4) is 0 Å². The molecule has 1 rings (SSSR count). The fraction of sp³-hybridized carbons (Fsp3) is 0.733. The van der Waals surface area contributed by atoms with Crippen molar-refractivity contribution in [1.29, 1.82) is 0 Å². The van der Waals surface area contributed by atoms with Crippen LogP contribution in [0.5, 0.6) is 0 Å². The van der Waals surface area contributed by atoms with Gasteiger partial charge in [0.2, 0.25) is 0 Å². The lowest BCUT2D eigenvalue weighted by atomic mass is 10.0. The van der Waals surface area contributed by atoms with Gasteiger partial charge in [0.1, 0.15) is 0 Å². The zero-order chi connectivity index (χ0) is 12.7. The van der Waals surface area contributed by atoms with Gasteiger partial charge in [0.15, 0.2) is 0 Å². The third-order valence-electron chi connectivity index (χ3n) is 3.14. The van der Waals surface area contributed by atoms with E-state index in [0.29, 0.717) is 6.04 Å². The van der Waals surface area contributed by atoms with Crippen molar-refractivity contribution >= 4 is 11.3 Å². The molecular weight excluding hydrogens is 226 g/mol. The number of rotatable bonds is 8. The van der Waals surface area contributed by atoms with Crippen LogP contribution in [0.25, 0.3) is 0 Å². The standard InChI is InChI=1S/C15H27NS/c1-5-14-8-9-15(17-14)7-6-13(4)10-11-16-12(2)3/h8-9,12-13,16H,5-7,10-11H2,1-4H3. The maximum atomic E-state index is 3.49. The van der Waals surface area contributed by atoms with Crippen LogP contribution in [-0.2, 0) is 12.8 Å². The van der Waals surface area contributed by atoms with Gasteiger partial charge in [-0.15, -0.1) is 11.3 Å². The Morgan fingerprint density at radius 1 is 1.12 bits per heavy atom. The first kappa shape index (κ1) is 14.7. The molecule has 1 nitrogen and oxygen atoms in total. The zero-order valence-corrected chi connectivity index (χ0v) is 12.6. The molecule has 0 aliphatic carbocycles. The van der Waals surface area contributed by atoms with E-state index in [-0.39, 0.29) is 0 Å². The molecule has 0 radical (unpaired) electrons. The Morgan fingerprint density at radius 3 is 2.41 bits per heavy atom. The number of hydrogen-bond donors (Lipinski definition) is 1. The van der Waals surface area contributed by atoms with Crippen LogP contribution in [0.4, 0.5) is 0 Å². The van der Waals surface area contributed by atoms with Gasteiger partial charge >= 0.3 is 0 Å². The average Bonchev–Trinajstić information content (AvgIpc) is 2.73. The molecule has 98 valence electrons. The topological polar surface area (TPSA) is 12.0 Å². The lowest BCUT2D eigenvalue weighted by Crippen LogP contribution is -2.24. The summed E-state index contributed by atoms with van der Waals surface area (Å²) >= 11 is 1.99. The minimum Gasteiger partial charge on any atom is -0.315 e. The van der Waals surface area contributed by atoms with Crippen molar-refractivity contribution in [3.05, 3.63) is 21.9 Å². The largest absolute Gasteiger partial charge is 0.315 e. The van der Waals surface area contributed by atoms with Gasteiger partial charge in [0, 0.05) is 15.8 Å². The maximum absolute atomic E-state index is 3.49. The van der Waals surface area contributed by atoms with Gasteiger partial charge in [-0.1, -0.05) is 27.7 Å². The Kier molecular flexibility index (Phi) is 6.83. The lowest BCUT2D eigenvalue weighted by Gasteiger charge is -2.13. The molecule has 0 saturated carbocycles. The molecule has 0 fully saturated rings. The van der Waals surface area contributed by atoms with E-state index in [2.05, 4.69) is 45.1 Å². The molecule has 1 N–H and O–H groups in total. The maximum Gasteiger partial charge on any atom is 0.00482 e. The smallest absolute Gasteiger partial charge is 0.00482 e. The van der Waals surface area contributed by atoms with Crippen molar-refractivity contribution in [2.45, 2.75) is 59.4 Å². The van der Waals surface area contributed by atoms with Gasteiger partial charge < -0.3 is 5.32 Å². The Labute approximate surface area is 111 Å². The molecule has 0 aliphatic heterocycles. The Bertz CT molecular complexity index is 304. The van der Waals surface area contributed by atoms with Gasteiger partial charge in [-0.2, -0.15) is 0 Å². The summed E-state index contributed by atoms with van der Waals surface area (Å²) in [5.74, 6) is 0.827. The lowest BCUT2D eigenvalue weighted by molar-refractivity contribution is 0.455. The number of thiophene rings is 1. The number of nitrogens with one attached hydrogen (secondary N) is 1. The molecule has 0 spiro atoms. The van der Waals surface area contributed by atoms with E-state index in [0.717, 1.165) is 12.5 Å². The van der Waals surface area contributed by atoms with Gasteiger partial charge in [-0.25, -0.2) is 0 Å². The molecule has 1 aromatic heterocycles. The third kappa shape index (κ3) is 6.23. The van der Waals surface area contributed by atoms with Gasteiger partial charge in [-0.05, 0) is 50.3 Å². The van der Waals surface area contributed by atoms with Gasteiger partial charge in [0.05, 0.1) is 0 Å². The van der Waals surface area contributed by atoms with Crippen LogP contribution < -0.4 is 5.32 Å².